The molecule has 24 heavy (non-hydrogen) atoms. The van der Waals surface area contributed by atoms with Gasteiger partial charge in [-0.25, -0.2) is 4.79 Å². The van der Waals surface area contributed by atoms with E-state index < -0.39 is 6.09 Å². The van der Waals surface area contributed by atoms with Crippen molar-refractivity contribution in [3.8, 4) is 0 Å². The Morgan fingerprint density at radius 2 is 2.04 bits per heavy atom. The van der Waals surface area contributed by atoms with Crippen LogP contribution in [-0.2, 0) is 16.0 Å². The molecule has 2 saturated carbocycles. The summed E-state index contributed by atoms with van der Waals surface area (Å²) in [7, 11) is 1.37. The molecule has 0 aromatic heterocycles. The molecule has 2 N–H and O–H groups in total. The van der Waals surface area contributed by atoms with Crippen molar-refractivity contribution in [3.63, 3.8) is 0 Å². The van der Waals surface area contributed by atoms with Gasteiger partial charge < -0.3 is 14.8 Å². The molecule has 3 fully saturated rings. The van der Waals surface area contributed by atoms with Gasteiger partial charge in [-0.1, -0.05) is 25.0 Å². The highest BCUT2D eigenvalue weighted by molar-refractivity contribution is 5.84. The topological polar surface area (TPSA) is 59.6 Å². The first-order valence-electron chi connectivity index (χ1n) is 9.02. The number of rotatable bonds is 4. The van der Waals surface area contributed by atoms with Gasteiger partial charge in [0.05, 0.1) is 13.2 Å². The average Bonchev–Trinajstić information content (AvgIpc) is 3.25. The number of ether oxygens (including phenoxy) is 2. The van der Waals surface area contributed by atoms with Crippen LogP contribution in [0.15, 0.2) is 24.3 Å². The lowest BCUT2D eigenvalue weighted by Crippen LogP contribution is -2.67. The van der Waals surface area contributed by atoms with Crippen molar-refractivity contribution in [1.82, 2.24) is 5.32 Å². The number of hydrogen-bond acceptors (Lipinski definition) is 4. The lowest BCUT2D eigenvalue weighted by atomic mass is 9.54. The monoisotopic (exact) mass is 330 g/mol. The Hall–Kier alpha value is -1.59. The summed E-state index contributed by atoms with van der Waals surface area (Å²) in [5, 5.41) is 6.50. The van der Waals surface area contributed by atoms with Crippen molar-refractivity contribution < 1.29 is 14.3 Å². The molecule has 1 aromatic carbocycles. The number of fused-ring (bicyclic) bond motifs is 2. The Morgan fingerprint density at radius 1 is 1.29 bits per heavy atom. The maximum Gasteiger partial charge on any atom is 0.411 e. The molecule has 0 bridgehead atoms. The number of anilines is 1. The molecule has 1 spiro atoms. The molecule has 5 nitrogen and oxygen atoms in total. The molecular weight excluding hydrogens is 304 g/mol. The highest BCUT2D eigenvalue weighted by atomic mass is 16.5. The molecule has 130 valence electrons. The van der Waals surface area contributed by atoms with Crippen LogP contribution in [0.25, 0.3) is 0 Å². The lowest BCUT2D eigenvalue weighted by Gasteiger charge is -2.57. The number of hydrogen-bond donors (Lipinski definition) is 2. The van der Waals surface area contributed by atoms with Crippen LogP contribution < -0.4 is 10.6 Å². The summed E-state index contributed by atoms with van der Waals surface area (Å²) in [6, 6.07) is 8.55. The van der Waals surface area contributed by atoms with Gasteiger partial charge >= 0.3 is 6.09 Å². The predicted octanol–water partition coefficient (Wildman–Crippen LogP) is 3.30. The van der Waals surface area contributed by atoms with E-state index in [4.69, 9.17) is 4.74 Å². The number of carbonyl (C=O) groups is 1. The Kier molecular flexibility index (Phi) is 4.22. The van der Waals surface area contributed by atoms with E-state index in [2.05, 4.69) is 27.5 Å². The van der Waals surface area contributed by atoms with Gasteiger partial charge in [0, 0.05) is 36.2 Å². The second-order valence-corrected chi connectivity index (χ2v) is 7.36. The van der Waals surface area contributed by atoms with E-state index in [1.165, 1.54) is 44.8 Å². The third-order valence-electron chi connectivity index (χ3n) is 6.20. The lowest BCUT2D eigenvalue weighted by molar-refractivity contribution is -0.130. The molecule has 2 aliphatic carbocycles. The fraction of sp³-hybridized carbons (Fsp3) is 0.632. The first kappa shape index (κ1) is 15.9. The zero-order valence-corrected chi connectivity index (χ0v) is 14.2. The standard InChI is InChI=1S/C19H26N2O3/c1-23-18(22)21-14-6-4-13(5-7-14)12-20-16-15-8-11-24-17(15)19(16)9-2-3-10-19/h4-7,15-17,20H,2-3,8-12H2,1H3,(H,21,22)/t15-,16+,17+/m0/s1. The number of nitrogens with one attached hydrogen (secondary N) is 2. The summed E-state index contributed by atoms with van der Waals surface area (Å²) in [6.07, 6.45) is 6.58. The quantitative estimate of drug-likeness (QED) is 0.889. The van der Waals surface area contributed by atoms with Crippen LogP contribution >= 0.6 is 0 Å². The fourth-order valence-electron chi connectivity index (χ4n) is 5.11. The van der Waals surface area contributed by atoms with Crippen molar-refractivity contribution in [1.29, 1.82) is 0 Å². The Labute approximate surface area is 143 Å². The van der Waals surface area contributed by atoms with E-state index in [-0.39, 0.29) is 0 Å². The summed E-state index contributed by atoms with van der Waals surface area (Å²) >= 11 is 0. The number of carbonyl (C=O) groups excluding carboxylic acids is 1. The summed E-state index contributed by atoms with van der Waals surface area (Å²) in [5.41, 5.74) is 2.39. The molecule has 0 unspecified atom stereocenters. The summed E-state index contributed by atoms with van der Waals surface area (Å²) in [4.78, 5) is 11.2. The molecule has 4 rings (SSSR count). The molecule has 1 amide bonds. The van der Waals surface area contributed by atoms with E-state index in [1.807, 2.05) is 12.1 Å². The van der Waals surface area contributed by atoms with Gasteiger partial charge in [-0.2, -0.15) is 0 Å². The van der Waals surface area contributed by atoms with Crippen LogP contribution in [0.2, 0.25) is 0 Å². The Balaban J connectivity index is 1.37. The zero-order chi connectivity index (χ0) is 16.6. The van der Waals surface area contributed by atoms with Gasteiger partial charge in [-0.15, -0.1) is 0 Å². The van der Waals surface area contributed by atoms with Crippen LogP contribution in [-0.4, -0.2) is 32.0 Å². The van der Waals surface area contributed by atoms with Crippen molar-refractivity contribution in [2.24, 2.45) is 11.3 Å². The number of amides is 1. The largest absolute Gasteiger partial charge is 0.453 e. The van der Waals surface area contributed by atoms with Crippen LogP contribution in [0.4, 0.5) is 10.5 Å². The second-order valence-electron chi connectivity index (χ2n) is 7.36. The Bertz CT molecular complexity index is 595. The fourth-order valence-corrected chi connectivity index (χ4v) is 5.11. The highest BCUT2D eigenvalue weighted by Gasteiger charge is 2.64. The minimum absolute atomic E-state index is 0.396. The third kappa shape index (κ3) is 2.60. The number of methoxy groups -OCH3 is 1. The molecule has 3 aliphatic rings. The molecule has 1 aliphatic heterocycles. The van der Waals surface area contributed by atoms with E-state index in [9.17, 15) is 4.79 Å². The minimum Gasteiger partial charge on any atom is -0.453 e. The smallest absolute Gasteiger partial charge is 0.411 e. The van der Waals surface area contributed by atoms with Gasteiger partial charge in [-0.05, 0) is 37.0 Å². The third-order valence-corrected chi connectivity index (χ3v) is 6.20. The van der Waals surface area contributed by atoms with E-state index in [0.29, 0.717) is 23.5 Å². The van der Waals surface area contributed by atoms with E-state index in [1.54, 1.807) is 0 Å². The molecule has 1 heterocycles. The summed E-state index contributed by atoms with van der Waals surface area (Å²) in [6.45, 7) is 1.80. The van der Waals surface area contributed by atoms with Crippen molar-refractivity contribution in [2.45, 2.75) is 50.8 Å². The predicted molar refractivity (Wildman–Crippen MR) is 91.8 cm³/mol. The second kappa shape index (κ2) is 6.37. The highest BCUT2D eigenvalue weighted by Crippen LogP contribution is 2.60. The van der Waals surface area contributed by atoms with Gasteiger partial charge in [0.25, 0.3) is 0 Å². The van der Waals surface area contributed by atoms with Gasteiger partial charge in [0.1, 0.15) is 0 Å². The molecule has 0 radical (unpaired) electrons. The maximum atomic E-state index is 11.2. The normalized spacial score (nSPS) is 30.0. The van der Waals surface area contributed by atoms with Crippen LogP contribution in [0.5, 0.6) is 0 Å². The zero-order valence-electron chi connectivity index (χ0n) is 14.2. The first-order chi connectivity index (χ1) is 11.7. The van der Waals surface area contributed by atoms with E-state index >= 15 is 0 Å². The van der Waals surface area contributed by atoms with E-state index in [0.717, 1.165) is 18.8 Å². The van der Waals surface area contributed by atoms with Crippen molar-refractivity contribution in [3.05, 3.63) is 29.8 Å². The number of benzene rings is 1. The molecule has 5 heteroatoms. The summed E-state index contributed by atoms with van der Waals surface area (Å²) in [5.74, 6) is 0.698. The minimum atomic E-state index is -0.439. The SMILES string of the molecule is COC(=O)Nc1ccc(CN[C@@H]2[C@@H]3CCO[C@H]3C23CCCC3)cc1. The average molecular weight is 330 g/mol. The van der Waals surface area contributed by atoms with Gasteiger partial charge in [-0.3, -0.25) is 5.32 Å². The maximum absolute atomic E-state index is 11.2. The Morgan fingerprint density at radius 3 is 2.75 bits per heavy atom. The van der Waals surface area contributed by atoms with Gasteiger partial charge in [0.2, 0.25) is 0 Å². The van der Waals surface area contributed by atoms with Crippen LogP contribution in [0.3, 0.4) is 0 Å². The van der Waals surface area contributed by atoms with Gasteiger partial charge in [0.15, 0.2) is 0 Å². The first-order valence-corrected chi connectivity index (χ1v) is 9.02. The van der Waals surface area contributed by atoms with Crippen LogP contribution in [0, 0.1) is 11.3 Å². The molecular formula is C19H26N2O3. The van der Waals surface area contributed by atoms with Crippen molar-refractivity contribution in [2.75, 3.05) is 19.0 Å². The molecule has 3 atom stereocenters. The summed E-state index contributed by atoms with van der Waals surface area (Å²) < 4.78 is 10.6. The molecule has 1 aromatic rings. The van der Waals surface area contributed by atoms with Crippen LogP contribution in [0.1, 0.15) is 37.7 Å². The van der Waals surface area contributed by atoms with Crippen molar-refractivity contribution >= 4 is 11.8 Å². The molecule has 1 saturated heterocycles.